The number of nitrogens with one attached hydrogen (secondary N) is 1. The molecule has 1 saturated carbocycles. The molecule has 3 fully saturated rings. The highest BCUT2D eigenvalue weighted by Crippen LogP contribution is 2.45. The topological polar surface area (TPSA) is 109 Å². The number of aliphatic hydroxyl groups excluding tert-OH is 1. The van der Waals surface area contributed by atoms with Crippen molar-refractivity contribution in [3.63, 3.8) is 0 Å². The molecule has 32 heavy (non-hydrogen) atoms. The van der Waals surface area contributed by atoms with E-state index in [4.69, 9.17) is 5.26 Å². The van der Waals surface area contributed by atoms with E-state index in [1.165, 1.54) is 16.7 Å². The van der Waals surface area contributed by atoms with Crippen LogP contribution < -0.4 is 5.32 Å². The van der Waals surface area contributed by atoms with Crippen molar-refractivity contribution in [1.29, 1.82) is 5.26 Å². The molecular formula is C22H24BrFN4O3S. The maximum Gasteiger partial charge on any atom is 0.407 e. The molecule has 0 spiro atoms. The molecule has 3 N–H and O–H groups in total. The summed E-state index contributed by atoms with van der Waals surface area (Å²) in [5.41, 5.74) is 2.58. The third-order valence-corrected chi connectivity index (χ3v) is 8.02. The van der Waals surface area contributed by atoms with Gasteiger partial charge in [-0.05, 0) is 59.5 Å². The molecule has 2 aromatic rings. The number of nitriles is 1. The number of amides is 1. The molecule has 10 heteroatoms. The summed E-state index contributed by atoms with van der Waals surface area (Å²) in [4.78, 5) is 17.6. The minimum Gasteiger partial charge on any atom is -0.465 e. The van der Waals surface area contributed by atoms with Crippen molar-refractivity contribution in [3.05, 3.63) is 27.5 Å². The molecule has 3 unspecified atom stereocenters. The summed E-state index contributed by atoms with van der Waals surface area (Å²) in [5, 5.41) is 32.8. The first-order valence-corrected chi connectivity index (χ1v) is 12.5. The maximum atomic E-state index is 15.4. The van der Waals surface area contributed by atoms with Gasteiger partial charge in [-0.25, -0.2) is 14.2 Å². The van der Waals surface area contributed by atoms with Crippen LogP contribution in [0.4, 0.5) is 14.9 Å². The van der Waals surface area contributed by atoms with Gasteiger partial charge in [0.25, 0.3) is 0 Å². The minimum absolute atomic E-state index is 0.0227. The number of fused-ring (bicyclic) bond motifs is 2. The number of hydrogen-bond acceptors (Lipinski definition) is 6. The minimum atomic E-state index is -0.916. The third kappa shape index (κ3) is 3.91. The predicted octanol–water partition coefficient (Wildman–Crippen LogP) is 4.40. The lowest BCUT2D eigenvalue weighted by atomic mass is 9.79. The van der Waals surface area contributed by atoms with Gasteiger partial charge in [0.15, 0.2) is 5.82 Å². The van der Waals surface area contributed by atoms with E-state index < -0.39 is 11.9 Å². The number of anilines is 1. The fraction of sp³-hybridized carbons (Fsp3) is 0.500. The number of carbonyl (C=O) groups is 1. The fourth-order valence-electron chi connectivity index (χ4n) is 4.82. The average molecular weight is 523 g/mol. The SMILES string of the molecule is CSc1nc2c(F)c(Br)c(CCC#N)cc2c(NC2C3CC2N(C(=O)O)C3)c1CCCO. The Hall–Kier alpha value is -2.09. The molecule has 170 valence electrons. The molecule has 2 aliphatic heterocycles. The maximum absolute atomic E-state index is 15.4. The van der Waals surface area contributed by atoms with Crippen molar-refractivity contribution < 1.29 is 19.4 Å². The first kappa shape index (κ1) is 23.1. The molecular weight excluding hydrogens is 499 g/mol. The van der Waals surface area contributed by atoms with Gasteiger partial charge in [-0.15, -0.1) is 11.8 Å². The largest absolute Gasteiger partial charge is 0.465 e. The van der Waals surface area contributed by atoms with Gasteiger partial charge in [0.1, 0.15) is 10.5 Å². The van der Waals surface area contributed by atoms with Gasteiger partial charge in [-0.2, -0.15) is 5.26 Å². The van der Waals surface area contributed by atoms with Gasteiger partial charge in [0.2, 0.25) is 0 Å². The molecule has 1 aliphatic carbocycles. The number of aryl methyl sites for hydroxylation is 1. The van der Waals surface area contributed by atoms with E-state index in [9.17, 15) is 15.0 Å². The zero-order chi connectivity index (χ0) is 23.0. The summed E-state index contributed by atoms with van der Waals surface area (Å²) in [5.74, 6) is -0.257. The number of carboxylic acid groups (broad SMARTS) is 1. The van der Waals surface area contributed by atoms with Crippen molar-refractivity contribution in [3.8, 4) is 6.07 Å². The van der Waals surface area contributed by atoms with Crippen LogP contribution in [0.25, 0.3) is 10.9 Å². The second-order valence-corrected chi connectivity index (χ2v) is 9.78. The number of aliphatic hydroxyl groups is 1. The fourth-order valence-corrected chi connectivity index (χ4v) is 5.95. The quantitative estimate of drug-likeness (QED) is 0.440. The summed E-state index contributed by atoms with van der Waals surface area (Å²) < 4.78 is 15.7. The van der Waals surface area contributed by atoms with Gasteiger partial charge in [-0.1, -0.05) is 0 Å². The molecule has 3 heterocycles. The molecule has 2 bridgehead atoms. The predicted molar refractivity (Wildman–Crippen MR) is 125 cm³/mol. The van der Waals surface area contributed by atoms with Crippen molar-refractivity contribution >= 4 is 50.4 Å². The number of nitrogens with zero attached hydrogens (tertiary/aromatic N) is 3. The number of pyridine rings is 1. The van der Waals surface area contributed by atoms with E-state index >= 15 is 4.39 Å². The van der Waals surface area contributed by atoms with E-state index in [2.05, 4.69) is 32.3 Å². The van der Waals surface area contributed by atoms with Crippen LogP contribution in [0.5, 0.6) is 0 Å². The zero-order valence-corrected chi connectivity index (χ0v) is 20.0. The van der Waals surface area contributed by atoms with Crippen LogP contribution in [0.15, 0.2) is 15.6 Å². The summed E-state index contributed by atoms with van der Waals surface area (Å²) >= 11 is 4.76. The molecule has 3 aliphatic rings. The average Bonchev–Trinajstić information content (AvgIpc) is 3.38. The van der Waals surface area contributed by atoms with Crippen LogP contribution in [0, 0.1) is 23.1 Å². The van der Waals surface area contributed by atoms with Crippen molar-refractivity contribution in [2.45, 2.75) is 49.2 Å². The van der Waals surface area contributed by atoms with E-state index in [-0.39, 0.29) is 36.5 Å². The van der Waals surface area contributed by atoms with Crippen molar-refractivity contribution in [2.24, 2.45) is 5.92 Å². The Morgan fingerprint density at radius 1 is 1.50 bits per heavy atom. The first-order chi connectivity index (χ1) is 15.4. The Morgan fingerprint density at radius 2 is 2.28 bits per heavy atom. The highest BCUT2D eigenvalue weighted by molar-refractivity contribution is 9.10. The highest BCUT2D eigenvalue weighted by atomic mass is 79.9. The summed E-state index contributed by atoms with van der Waals surface area (Å²) in [6.07, 6.45) is 3.56. The number of thioether (sulfide) groups is 1. The van der Waals surface area contributed by atoms with Gasteiger partial charge < -0.3 is 20.4 Å². The number of benzene rings is 1. The van der Waals surface area contributed by atoms with E-state index in [0.29, 0.717) is 46.3 Å². The third-order valence-electron chi connectivity index (χ3n) is 6.44. The van der Waals surface area contributed by atoms with Crippen molar-refractivity contribution in [1.82, 2.24) is 9.88 Å². The van der Waals surface area contributed by atoms with Crippen LogP contribution in [0.2, 0.25) is 0 Å². The Bertz CT molecular complexity index is 1110. The Kier molecular flexibility index (Phi) is 6.79. The van der Waals surface area contributed by atoms with Gasteiger partial charge in [0.05, 0.1) is 22.6 Å². The number of rotatable bonds is 8. The van der Waals surface area contributed by atoms with Crippen LogP contribution in [-0.4, -0.2) is 57.7 Å². The van der Waals surface area contributed by atoms with Crippen molar-refractivity contribution in [2.75, 3.05) is 24.7 Å². The molecule has 1 amide bonds. The van der Waals surface area contributed by atoms with E-state index in [0.717, 1.165) is 17.7 Å². The molecule has 2 saturated heterocycles. The van der Waals surface area contributed by atoms with Crippen LogP contribution >= 0.6 is 27.7 Å². The summed E-state index contributed by atoms with van der Waals surface area (Å²) in [7, 11) is 0. The van der Waals surface area contributed by atoms with Gasteiger partial charge in [-0.3, -0.25) is 0 Å². The lowest BCUT2D eigenvalue weighted by molar-refractivity contribution is 0.140. The normalized spacial score (nSPS) is 21.5. The second kappa shape index (κ2) is 9.41. The van der Waals surface area contributed by atoms with E-state index in [1.807, 2.05) is 12.3 Å². The van der Waals surface area contributed by atoms with E-state index in [1.54, 1.807) is 0 Å². The molecule has 0 radical (unpaired) electrons. The standard InChI is InChI=1S/C22H24BrFN4O3S/c1-32-21-13(5-3-7-29)19(26-18-12-9-15(18)28(10-12)22(30)31)14-8-11(4-2-6-25)16(23)17(24)20(14)27-21/h8,12,15,18,29H,2-5,7,9-10H2,1H3,(H,26,27)(H,30,31). The molecule has 3 atom stereocenters. The molecule has 5 rings (SSSR count). The molecule has 1 aromatic carbocycles. The lowest BCUT2D eigenvalue weighted by Gasteiger charge is -2.38. The van der Waals surface area contributed by atoms with Crippen LogP contribution in [0.3, 0.4) is 0 Å². The van der Waals surface area contributed by atoms with Gasteiger partial charge in [0, 0.05) is 42.1 Å². The number of halogens is 2. The van der Waals surface area contributed by atoms with Gasteiger partial charge >= 0.3 is 6.09 Å². The van der Waals surface area contributed by atoms with Crippen LogP contribution in [0.1, 0.15) is 30.4 Å². The monoisotopic (exact) mass is 522 g/mol. The smallest absolute Gasteiger partial charge is 0.407 e. The number of aromatic nitrogens is 1. The summed E-state index contributed by atoms with van der Waals surface area (Å²) in [6, 6.07) is 3.82. The summed E-state index contributed by atoms with van der Waals surface area (Å²) in [6.45, 7) is 0.518. The molecule has 1 aromatic heterocycles. The molecule has 7 nitrogen and oxygen atoms in total. The Balaban J connectivity index is 1.85. The highest BCUT2D eigenvalue weighted by Gasteiger charge is 2.54. The Labute approximate surface area is 198 Å². The zero-order valence-electron chi connectivity index (χ0n) is 17.6. The first-order valence-electron chi connectivity index (χ1n) is 10.5. The lowest BCUT2D eigenvalue weighted by Crippen LogP contribution is -2.49. The number of hydrogen-bond donors (Lipinski definition) is 3. The van der Waals surface area contributed by atoms with Crippen LogP contribution in [-0.2, 0) is 12.8 Å². The second-order valence-electron chi connectivity index (χ2n) is 8.19. The Morgan fingerprint density at radius 3 is 2.91 bits per heavy atom.